The van der Waals surface area contributed by atoms with Crippen molar-refractivity contribution in [3.05, 3.63) is 10.6 Å². The van der Waals surface area contributed by atoms with Gasteiger partial charge in [-0.25, -0.2) is 9.78 Å². The van der Waals surface area contributed by atoms with Crippen molar-refractivity contribution in [3.63, 3.8) is 0 Å². The van der Waals surface area contributed by atoms with Crippen LogP contribution < -0.4 is 4.90 Å². The van der Waals surface area contributed by atoms with E-state index in [1.165, 1.54) is 11.3 Å². The molecule has 19 heavy (non-hydrogen) atoms. The second-order valence-corrected chi connectivity index (χ2v) is 6.20. The average Bonchev–Trinajstić information content (AvgIpc) is 2.82. The minimum atomic E-state index is -0.865. The summed E-state index contributed by atoms with van der Waals surface area (Å²) in [6.45, 7) is 9.34. The van der Waals surface area contributed by atoms with Crippen LogP contribution in [0.1, 0.15) is 61.8 Å². The molecule has 2 atom stereocenters. The third-order valence-corrected chi connectivity index (χ3v) is 4.70. The standard InChI is InChI=1S/C14H24N2O2S/c1-6-9(3)8-16(5)14-15-11(10(4)7-2)12(19-14)13(17)18/h9-10H,6-8H2,1-5H3,(H,17,18). The van der Waals surface area contributed by atoms with Gasteiger partial charge in [-0.3, -0.25) is 0 Å². The lowest BCUT2D eigenvalue weighted by Crippen LogP contribution is -2.23. The SMILES string of the molecule is CCC(C)CN(C)c1nc(C(C)CC)c(C(=O)O)s1. The number of carboxylic acids is 1. The van der Waals surface area contributed by atoms with Gasteiger partial charge in [0.1, 0.15) is 4.88 Å². The molecule has 0 saturated carbocycles. The van der Waals surface area contributed by atoms with Gasteiger partial charge in [-0.2, -0.15) is 0 Å². The van der Waals surface area contributed by atoms with Crippen LogP contribution in [0.2, 0.25) is 0 Å². The van der Waals surface area contributed by atoms with Gasteiger partial charge < -0.3 is 10.0 Å². The summed E-state index contributed by atoms with van der Waals surface area (Å²) in [5.41, 5.74) is 0.728. The number of aromatic nitrogens is 1. The van der Waals surface area contributed by atoms with Crippen LogP contribution in [0.4, 0.5) is 5.13 Å². The first kappa shape index (κ1) is 16.0. The predicted molar refractivity (Wildman–Crippen MR) is 80.5 cm³/mol. The number of thiazole rings is 1. The Morgan fingerprint density at radius 1 is 1.37 bits per heavy atom. The summed E-state index contributed by atoms with van der Waals surface area (Å²) in [6, 6.07) is 0. The monoisotopic (exact) mass is 284 g/mol. The van der Waals surface area contributed by atoms with Crippen LogP contribution in [0.15, 0.2) is 0 Å². The molecule has 1 aromatic rings. The van der Waals surface area contributed by atoms with Gasteiger partial charge in [0.2, 0.25) is 0 Å². The van der Waals surface area contributed by atoms with Crippen molar-refractivity contribution < 1.29 is 9.90 Å². The molecule has 0 saturated heterocycles. The Balaban J connectivity index is 3.00. The largest absolute Gasteiger partial charge is 0.477 e. The van der Waals surface area contributed by atoms with Gasteiger partial charge in [0.15, 0.2) is 5.13 Å². The molecule has 0 bridgehead atoms. The Kier molecular flexibility index (Phi) is 5.79. The molecule has 0 aliphatic carbocycles. The Bertz CT molecular complexity index is 431. The summed E-state index contributed by atoms with van der Waals surface area (Å²) in [7, 11) is 1.98. The first-order chi connectivity index (χ1) is 8.90. The number of aromatic carboxylic acids is 1. The first-order valence-electron chi connectivity index (χ1n) is 6.85. The molecule has 0 aromatic carbocycles. The van der Waals surface area contributed by atoms with Crippen molar-refractivity contribution in [2.24, 2.45) is 5.92 Å². The molecule has 0 amide bonds. The highest BCUT2D eigenvalue weighted by Crippen LogP contribution is 2.32. The Labute approximate surface area is 119 Å². The van der Waals surface area contributed by atoms with Crippen molar-refractivity contribution in [3.8, 4) is 0 Å². The van der Waals surface area contributed by atoms with Crippen LogP contribution >= 0.6 is 11.3 Å². The molecule has 5 heteroatoms. The molecule has 1 aromatic heterocycles. The van der Waals surface area contributed by atoms with Gasteiger partial charge in [0.25, 0.3) is 0 Å². The minimum Gasteiger partial charge on any atom is -0.477 e. The van der Waals surface area contributed by atoms with E-state index < -0.39 is 5.97 Å². The molecule has 0 fully saturated rings. The fourth-order valence-corrected chi connectivity index (χ4v) is 2.83. The maximum Gasteiger partial charge on any atom is 0.347 e. The number of carboxylic acid groups (broad SMARTS) is 1. The zero-order valence-corrected chi connectivity index (χ0v) is 13.3. The van der Waals surface area contributed by atoms with Crippen molar-refractivity contribution >= 4 is 22.4 Å². The topological polar surface area (TPSA) is 53.4 Å². The normalized spacial score (nSPS) is 14.2. The fraction of sp³-hybridized carbons (Fsp3) is 0.714. The van der Waals surface area contributed by atoms with E-state index >= 15 is 0 Å². The maximum atomic E-state index is 11.3. The number of carbonyl (C=O) groups is 1. The number of hydrogen-bond acceptors (Lipinski definition) is 4. The van der Waals surface area contributed by atoms with Gasteiger partial charge >= 0.3 is 5.97 Å². The molecule has 0 spiro atoms. The Morgan fingerprint density at radius 2 is 2.00 bits per heavy atom. The summed E-state index contributed by atoms with van der Waals surface area (Å²) in [6.07, 6.45) is 2.01. The van der Waals surface area contributed by atoms with E-state index in [9.17, 15) is 9.90 Å². The second kappa shape index (κ2) is 6.89. The van der Waals surface area contributed by atoms with Gasteiger partial charge in [0.05, 0.1) is 5.69 Å². The third-order valence-electron chi connectivity index (χ3n) is 3.52. The lowest BCUT2D eigenvalue weighted by molar-refractivity contribution is 0.0700. The van der Waals surface area contributed by atoms with E-state index in [-0.39, 0.29) is 5.92 Å². The van der Waals surface area contributed by atoms with E-state index in [0.717, 1.165) is 30.2 Å². The first-order valence-corrected chi connectivity index (χ1v) is 7.67. The van der Waals surface area contributed by atoms with E-state index in [0.29, 0.717) is 10.8 Å². The summed E-state index contributed by atoms with van der Waals surface area (Å²) in [5.74, 6) is -0.0988. The molecule has 4 nitrogen and oxygen atoms in total. The number of nitrogens with zero attached hydrogens (tertiary/aromatic N) is 2. The van der Waals surface area contributed by atoms with E-state index in [4.69, 9.17) is 0 Å². The van der Waals surface area contributed by atoms with Crippen molar-refractivity contribution in [2.45, 2.75) is 46.5 Å². The summed E-state index contributed by atoms with van der Waals surface area (Å²) < 4.78 is 0. The average molecular weight is 284 g/mol. The van der Waals surface area contributed by atoms with E-state index in [1.807, 2.05) is 14.0 Å². The molecular weight excluding hydrogens is 260 g/mol. The molecule has 0 aliphatic rings. The van der Waals surface area contributed by atoms with Gasteiger partial charge in [-0.05, 0) is 18.3 Å². The predicted octanol–water partition coefficient (Wildman–Crippen LogP) is 3.84. The highest BCUT2D eigenvalue weighted by molar-refractivity contribution is 7.17. The van der Waals surface area contributed by atoms with Crippen LogP contribution in [0.5, 0.6) is 0 Å². The fourth-order valence-electron chi connectivity index (χ4n) is 1.84. The van der Waals surface area contributed by atoms with Crippen molar-refractivity contribution in [2.75, 3.05) is 18.5 Å². The smallest absolute Gasteiger partial charge is 0.347 e. The van der Waals surface area contributed by atoms with Crippen LogP contribution in [-0.2, 0) is 0 Å². The highest BCUT2D eigenvalue weighted by atomic mass is 32.1. The number of hydrogen-bond donors (Lipinski definition) is 1. The Hall–Kier alpha value is -1.10. The van der Waals surface area contributed by atoms with Crippen LogP contribution in [-0.4, -0.2) is 29.7 Å². The summed E-state index contributed by atoms with van der Waals surface area (Å²) >= 11 is 1.29. The van der Waals surface area contributed by atoms with Gasteiger partial charge in [0, 0.05) is 13.6 Å². The maximum absolute atomic E-state index is 11.3. The highest BCUT2D eigenvalue weighted by Gasteiger charge is 2.22. The molecule has 1 rings (SSSR count). The summed E-state index contributed by atoms with van der Waals surface area (Å²) in [5, 5.41) is 10.1. The van der Waals surface area contributed by atoms with Crippen LogP contribution in [0.3, 0.4) is 0 Å². The quantitative estimate of drug-likeness (QED) is 0.826. The van der Waals surface area contributed by atoms with Crippen LogP contribution in [0.25, 0.3) is 0 Å². The van der Waals surface area contributed by atoms with Crippen LogP contribution in [0, 0.1) is 5.92 Å². The molecule has 2 unspecified atom stereocenters. The lowest BCUT2D eigenvalue weighted by Gasteiger charge is -2.19. The van der Waals surface area contributed by atoms with Crippen molar-refractivity contribution in [1.29, 1.82) is 0 Å². The zero-order valence-electron chi connectivity index (χ0n) is 12.4. The molecule has 0 radical (unpaired) electrons. The Morgan fingerprint density at radius 3 is 2.47 bits per heavy atom. The van der Waals surface area contributed by atoms with Gasteiger partial charge in [-0.1, -0.05) is 45.5 Å². The molecule has 108 valence electrons. The summed E-state index contributed by atoms with van der Waals surface area (Å²) in [4.78, 5) is 18.3. The number of rotatable bonds is 7. The van der Waals surface area contributed by atoms with Gasteiger partial charge in [-0.15, -0.1) is 0 Å². The van der Waals surface area contributed by atoms with E-state index in [2.05, 4.69) is 30.7 Å². The van der Waals surface area contributed by atoms with Crippen molar-refractivity contribution in [1.82, 2.24) is 4.98 Å². The lowest BCUT2D eigenvalue weighted by atomic mass is 10.0. The second-order valence-electron chi connectivity index (χ2n) is 5.22. The molecular formula is C14H24N2O2S. The zero-order chi connectivity index (χ0) is 14.6. The third kappa shape index (κ3) is 3.93. The molecule has 0 aliphatic heterocycles. The molecule has 1 heterocycles. The number of anilines is 1. The minimum absolute atomic E-state index is 0.188. The molecule has 1 N–H and O–H groups in total. The van der Waals surface area contributed by atoms with E-state index in [1.54, 1.807) is 0 Å².